The van der Waals surface area contributed by atoms with Gasteiger partial charge in [-0.15, -0.1) is 0 Å². The number of likely N-dealkylation sites (tertiary alicyclic amines) is 1. The van der Waals surface area contributed by atoms with Crippen LogP contribution in [0.25, 0.3) is 16.6 Å². The zero-order valence-corrected chi connectivity index (χ0v) is 30.4. The molecule has 56 heavy (non-hydrogen) atoms. The molecule has 15 nitrogen and oxygen atoms in total. The number of imide groups is 1. The minimum absolute atomic E-state index is 0.0878. The highest BCUT2D eigenvalue weighted by molar-refractivity contribution is 6.09. The fraction of sp³-hybridized carbons (Fsp3) is 0.410. The summed E-state index contributed by atoms with van der Waals surface area (Å²) >= 11 is 0. The largest absolute Gasteiger partial charge is 0.491 e. The van der Waals surface area contributed by atoms with Crippen LogP contribution in [0.5, 0.6) is 5.75 Å². The molecule has 1 unspecified atom stereocenters. The number of carbonyl (C=O) groups is 4. The Morgan fingerprint density at radius 2 is 1.84 bits per heavy atom. The molecule has 3 saturated heterocycles. The monoisotopic (exact) mass is 766 g/mol. The minimum atomic E-state index is -1.47. The van der Waals surface area contributed by atoms with Crippen LogP contribution >= 0.6 is 0 Å². The molecule has 2 aromatic carbocycles. The van der Waals surface area contributed by atoms with Crippen molar-refractivity contribution in [2.45, 2.75) is 56.3 Å². The number of hydrogen-bond donors (Lipinski definition) is 3. The third-order valence-electron chi connectivity index (χ3n) is 11.1. The fourth-order valence-electron chi connectivity index (χ4n) is 7.76. The number of piperidine rings is 2. The van der Waals surface area contributed by atoms with Crippen LogP contribution in [0.3, 0.4) is 0 Å². The van der Waals surface area contributed by atoms with Crippen molar-refractivity contribution in [3.8, 4) is 5.75 Å². The van der Waals surface area contributed by atoms with Crippen LogP contribution in [-0.2, 0) is 9.59 Å². The molecule has 3 aromatic heterocycles. The standard InChI is InChI=1S/C39H40F2N10O5/c40-29-15-26(4-5-27(29)36(53)44-30-6-7-34(52)46-38(30)55)49-21-39(41,22-49)20-48-12-8-25(9-13-48)51-18-24-14-32(33(16-31(24)47-51)56-19-23-2-3-23)45-37(54)28-17-43-50-11-1-10-42-35(28)50/h1,4-5,10-11,14-18,23,25,30H,2-3,6-9,12-13,19-22H2,(H,44,53)(H,45,54)(H,46,52,55). The maximum Gasteiger partial charge on any atom is 0.261 e. The van der Waals surface area contributed by atoms with Crippen molar-refractivity contribution in [2.24, 2.45) is 5.92 Å². The second-order valence-electron chi connectivity index (χ2n) is 15.3. The van der Waals surface area contributed by atoms with E-state index in [1.807, 2.05) is 23.0 Å². The van der Waals surface area contributed by atoms with Gasteiger partial charge in [0.25, 0.3) is 11.8 Å². The van der Waals surface area contributed by atoms with Gasteiger partial charge in [0.2, 0.25) is 11.8 Å². The van der Waals surface area contributed by atoms with E-state index in [-0.39, 0.29) is 50.0 Å². The number of nitrogens with zero attached hydrogens (tertiary/aromatic N) is 7. The van der Waals surface area contributed by atoms with Crippen LogP contribution < -0.4 is 25.6 Å². The Hall–Kier alpha value is -5.97. The number of nitrogens with one attached hydrogen (secondary N) is 3. The van der Waals surface area contributed by atoms with Gasteiger partial charge >= 0.3 is 0 Å². The third-order valence-corrected chi connectivity index (χ3v) is 11.1. The van der Waals surface area contributed by atoms with Gasteiger partial charge in [0.1, 0.15) is 23.2 Å². The SMILES string of the molecule is O=C1CCC(NC(=O)c2ccc(N3CC(F)(CN4CCC(n5cc6cc(NC(=O)c7cnn8cccnc78)c(OCC7CC7)cc6n5)CC4)C3)cc2F)C(=O)N1. The summed E-state index contributed by atoms with van der Waals surface area (Å²) in [5, 5.41) is 17.6. The molecule has 3 N–H and O–H groups in total. The minimum Gasteiger partial charge on any atom is -0.491 e. The molecule has 4 aliphatic rings. The number of rotatable bonds is 11. The zero-order valence-electron chi connectivity index (χ0n) is 30.4. The van der Waals surface area contributed by atoms with E-state index in [2.05, 4.69) is 30.9 Å². The maximum atomic E-state index is 15.9. The Morgan fingerprint density at radius 3 is 2.61 bits per heavy atom. The molecule has 6 heterocycles. The molecule has 1 saturated carbocycles. The average molecular weight is 767 g/mol. The number of benzene rings is 2. The highest BCUT2D eigenvalue weighted by atomic mass is 19.1. The van der Waals surface area contributed by atoms with E-state index in [1.54, 1.807) is 33.9 Å². The molecule has 290 valence electrons. The van der Waals surface area contributed by atoms with Gasteiger partial charge < -0.3 is 20.3 Å². The van der Waals surface area contributed by atoms with E-state index < -0.39 is 35.2 Å². The van der Waals surface area contributed by atoms with Crippen molar-refractivity contribution < 1.29 is 32.7 Å². The van der Waals surface area contributed by atoms with Gasteiger partial charge in [0.05, 0.1) is 48.7 Å². The van der Waals surface area contributed by atoms with Crippen LogP contribution in [0.15, 0.2) is 61.2 Å². The van der Waals surface area contributed by atoms with Crippen LogP contribution in [0, 0.1) is 11.7 Å². The van der Waals surface area contributed by atoms with Crippen molar-refractivity contribution in [3.63, 3.8) is 0 Å². The van der Waals surface area contributed by atoms with Gasteiger partial charge in [-0.2, -0.15) is 10.2 Å². The molecule has 3 aliphatic heterocycles. The summed E-state index contributed by atoms with van der Waals surface area (Å²) in [7, 11) is 0. The van der Waals surface area contributed by atoms with E-state index in [0.29, 0.717) is 53.9 Å². The number of fused-ring (bicyclic) bond motifs is 2. The summed E-state index contributed by atoms with van der Waals surface area (Å²) in [5.41, 5.74) is 0.875. The van der Waals surface area contributed by atoms with E-state index in [9.17, 15) is 19.2 Å². The molecule has 1 atom stereocenters. The lowest BCUT2D eigenvalue weighted by Gasteiger charge is -2.48. The first-order valence-corrected chi connectivity index (χ1v) is 18.9. The molecule has 4 fully saturated rings. The summed E-state index contributed by atoms with van der Waals surface area (Å²) in [5.74, 6) is -1.84. The smallest absolute Gasteiger partial charge is 0.261 e. The Bertz CT molecular complexity index is 2360. The lowest BCUT2D eigenvalue weighted by molar-refractivity contribution is -0.134. The van der Waals surface area contributed by atoms with Crippen molar-refractivity contribution in [1.29, 1.82) is 0 Å². The molecular weight excluding hydrogens is 726 g/mol. The normalized spacial score (nSPS) is 20.2. The number of halogens is 2. The average Bonchev–Trinajstić information content (AvgIpc) is 3.75. The first-order chi connectivity index (χ1) is 27.1. The van der Waals surface area contributed by atoms with Crippen LogP contribution in [0.1, 0.15) is 65.3 Å². The van der Waals surface area contributed by atoms with E-state index in [4.69, 9.17) is 9.84 Å². The molecule has 17 heteroatoms. The third kappa shape index (κ3) is 7.25. The fourth-order valence-corrected chi connectivity index (χ4v) is 7.76. The lowest BCUT2D eigenvalue weighted by Crippen LogP contribution is -2.64. The molecule has 9 rings (SSSR count). The Balaban J connectivity index is 0.803. The number of alkyl halides is 1. The van der Waals surface area contributed by atoms with Crippen LogP contribution in [0.4, 0.5) is 20.2 Å². The Morgan fingerprint density at radius 1 is 1.02 bits per heavy atom. The molecule has 0 bridgehead atoms. The van der Waals surface area contributed by atoms with Gasteiger partial charge in [-0.3, -0.25) is 34.1 Å². The van der Waals surface area contributed by atoms with Gasteiger partial charge in [0.15, 0.2) is 11.3 Å². The maximum absolute atomic E-state index is 15.9. The topological polar surface area (TPSA) is 168 Å². The molecule has 0 spiro atoms. The molecule has 0 radical (unpaired) electrons. The molecule has 1 aliphatic carbocycles. The van der Waals surface area contributed by atoms with Crippen molar-refractivity contribution in [2.75, 3.05) is 49.5 Å². The number of hydrogen-bond acceptors (Lipinski definition) is 10. The van der Waals surface area contributed by atoms with Crippen LogP contribution in [-0.4, -0.2) is 104 Å². The predicted molar refractivity (Wildman–Crippen MR) is 200 cm³/mol. The number of carbonyl (C=O) groups excluding carboxylic acids is 4. The first kappa shape index (κ1) is 35.7. The van der Waals surface area contributed by atoms with E-state index >= 15 is 8.78 Å². The van der Waals surface area contributed by atoms with Crippen molar-refractivity contribution >= 4 is 51.6 Å². The van der Waals surface area contributed by atoms with Crippen molar-refractivity contribution in [1.82, 2.24) is 39.9 Å². The van der Waals surface area contributed by atoms with Gasteiger partial charge in [-0.25, -0.2) is 18.3 Å². The quantitative estimate of drug-likeness (QED) is 0.169. The van der Waals surface area contributed by atoms with Crippen molar-refractivity contribution in [3.05, 3.63) is 78.1 Å². The van der Waals surface area contributed by atoms with E-state index in [0.717, 1.165) is 36.6 Å². The number of ether oxygens (including phenoxy) is 1. The molecule has 4 amide bonds. The van der Waals surface area contributed by atoms with Gasteiger partial charge in [0, 0.05) is 61.8 Å². The first-order valence-electron chi connectivity index (χ1n) is 18.9. The van der Waals surface area contributed by atoms with E-state index in [1.165, 1.54) is 18.3 Å². The second-order valence-corrected chi connectivity index (χ2v) is 15.3. The van der Waals surface area contributed by atoms with Gasteiger partial charge in [-0.1, -0.05) is 0 Å². The predicted octanol–water partition coefficient (Wildman–Crippen LogP) is 3.66. The number of amides is 4. The van der Waals surface area contributed by atoms with Gasteiger partial charge in [-0.05, 0) is 68.4 Å². The highest BCUT2D eigenvalue weighted by Crippen LogP contribution is 2.37. The summed E-state index contributed by atoms with van der Waals surface area (Å²) < 4.78 is 40.6. The zero-order chi connectivity index (χ0) is 38.6. The summed E-state index contributed by atoms with van der Waals surface area (Å²) in [6.07, 6.45) is 10.9. The highest BCUT2D eigenvalue weighted by Gasteiger charge is 2.45. The van der Waals surface area contributed by atoms with Crippen LogP contribution in [0.2, 0.25) is 0 Å². The number of aromatic nitrogens is 5. The Labute approximate surface area is 319 Å². The molecule has 5 aromatic rings. The summed E-state index contributed by atoms with van der Waals surface area (Å²) in [6.45, 7) is 2.37. The summed E-state index contributed by atoms with van der Waals surface area (Å²) in [6, 6.07) is 8.80. The summed E-state index contributed by atoms with van der Waals surface area (Å²) in [4.78, 5) is 57.6. The lowest BCUT2D eigenvalue weighted by atomic mass is 9.93. The second kappa shape index (κ2) is 14.3. The number of anilines is 2. The Kier molecular flexibility index (Phi) is 9.10. The molecular formula is C39H40F2N10O5.